The SMILES string of the molecule is CC(C)Cc1ccc(C(C)C(=O)Nc2cc(Cl)ccn2)cc1. The molecule has 0 aliphatic rings. The lowest BCUT2D eigenvalue weighted by Gasteiger charge is -2.13. The van der Waals surface area contributed by atoms with Crippen LogP contribution in [-0.2, 0) is 11.2 Å². The highest BCUT2D eigenvalue weighted by atomic mass is 35.5. The number of anilines is 1. The molecule has 1 aromatic heterocycles. The minimum atomic E-state index is -0.242. The number of rotatable bonds is 5. The van der Waals surface area contributed by atoms with Gasteiger partial charge in [-0.25, -0.2) is 4.98 Å². The van der Waals surface area contributed by atoms with Gasteiger partial charge in [-0.15, -0.1) is 0 Å². The highest BCUT2D eigenvalue weighted by molar-refractivity contribution is 6.30. The van der Waals surface area contributed by atoms with E-state index in [1.165, 1.54) is 5.56 Å². The summed E-state index contributed by atoms with van der Waals surface area (Å²) in [5, 5.41) is 3.35. The quantitative estimate of drug-likeness (QED) is 0.870. The topological polar surface area (TPSA) is 42.0 Å². The standard InChI is InChI=1S/C18H21ClN2O/c1-12(2)10-14-4-6-15(7-5-14)13(3)18(22)21-17-11-16(19)8-9-20-17/h4-9,11-13H,10H2,1-3H3,(H,20,21,22). The van der Waals surface area contributed by atoms with Crippen LogP contribution in [0.4, 0.5) is 5.82 Å². The number of nitrogens with zero attached hydrogens (tertiary/aromatic N) is 1. The lowest BCUT2D eigenvalue weighted by Crippen LogP contribution is -2.19. The number of benzene rings is 1. The van der Waals surface area contributed by atoms with Gasteiger partial charge in [0.15, 0.2) is 0 Å². The number of hydrogen-bond acceptors (Lipinski definition) is 2. The average molecular weight is 317 g/mol. The molecule has 1 amide bonds. The molecular weight excluding hydrogens is 296 g/mol. The van der Waals surface area contributed by atoms with Gasteiger partial charge in [0.2, 0.25) is 5.91 Å². The first-order valence-corrected chi connectivity index (χ1v) is 7.84. The van der Waals surface area contributed by atoms with Crippen molar-refractivity contribution in [2.75, 3.05) is 5.32 Å². The minimum absolute atomic E-state index is 0.0913. The summed E-state index contributed by atoms with van der Waals surface area (Å²) < 4.78 is 0. The van der Waals surface area contributed by atoms with Crippen LogP contribution in [0.3, 0.4) is 0 Å². The van der Waals surface area contributed by atoms with Crippen LogP contribution in [0.5, 0.6) is 0 Å². The molecule has 2 aromatic rings. The van der Waals surface area contributed by atoms with Gasteiger partial charge in [-0.2, -0.15) is 0 Å². The number of halogens is 1. The van der Waals surface area contributed by atoms with Crippen LogP contribution in [-0.4, -0.2) is 10.9 Å². The van der Waals surface area contributed by atoms with E-state index in [0.717, 1.165) is 12.0 Å². The van der Waals surface area contributed by atoms with E-state index in [-0.39, 0.29) is 11.8 Å². The number of nitrogens with one attached hydrogen (secondary N) is 1. The summed E-state index contributed by atoms with van der Waals surface area (Å²) in [6.07, 6.45) is 2.62. The van der Waals surface area contributed by atoms with Gasteiger partial charge in [0.05, 0.1) is 5.92 Å². The molecule has 1 aromatic carbocycles. The third-order valence-corrected chi connectivity index (χ3v) is 3.73. The Morgan fingerprint density at radius 1 is 1.18 bits per heavy atom. The predicted octanol–water partition coefficient (Wildman–Crippen LogP) is 4.68. The zero-order valence-electron chi connectivity index (χ0n) is 13.1. The molecule has 0 bridgehead atoms. The Morgan fingerprint density at radius 3 is 2.45 bits per heavy atom. The highest BCUT2D eigenvalue weighted by Gasteiger charge is 2.16. The van der Waals surface area contributed by atoms with Gasteiger partial charge in [-0.05, 0) is 42.5 Å². The fourth-order valence-corrected chi connectivity index (χ4v) is 2.43. The van der Waals surface area contributed by atoms with Crippen molar-refractivity contribution in [3.63, 3.8) is 0 Å². The van der Waals surface area contributed by atoms with E-state index in [9.17, 15) is 4.79 Å². The predicted molar refractivity (Wildman–Crippen MR) is 91.3 cm³/mol. The van der Waals surface area contributed by atoms with Crippen molar-refractivity contribution in [3.8, 4) is 0 Å². The molecule has 0 saturated heterocycles. The third-order valence-electron chi connectivity index (χ3n) is 3.49. The second kappa shape index (κ2) is 7.41. The first-order chi connectivity index (χ1) is 10.5. The molecule has 0 spiro atoms. The van der Waals surface area contributed by atoms with Crippen molar-refractivity contribution in [3.05, 3.63) is 58.7 Å². The Labute approximate surface area is 136 Å². The molecule has 2 rings (SSSR count). The summed E-state index contributed by atoms with van der Waals surface area (Å²) in [5.74, 6) is 0.765. The van der Waals surface area contributed by atoms with E-state index in [1.807, 2.05) is 19.1 Å². The summed E-state index contributed by atoms with van der Waals surface area (Å²) in [7, 11) is 0. The van der Waals surface area contributed by atoms with Crippen molar-refractivity contribution < 1.29 is 4.79 Å². The molecule has 0 aliphatic carbocycles. The smallest absolute Gasteiger partial charge is 0.232 e. The van der Waals surface area contributed by atoms with E-state index in [0.29, 0.717) is 16.8 Å². The molecule has 3 nitrogen and oxygen atoms in total. The Morgan fingerprint density at radius 2 is 1.86 bits per heavy atom. The summed E-state index contributed by atoms with van der Waals surface area (Å²) in [6.45, 7) is 6.28. The maximum atomic E-state index is 12.3. The molecule has 116 valence electrons. The average Bonchev–Trinajstić information content (AvgIpc) is 2.46. The first kappa shape index (κ1) is 16.5. The van der Waals surface area contributed by atoms with Crippen LogP contribution in [0, 0.1) is 5.92 Å². The van der Waals surface area contributed by atoms with Crippen LogP contribution in [0.25, 0.3) is 0 Å². The summed E-state index contributed by atoms with van der Waals surface area (Å²) in [5.41, 5.74) is 2.29. The van der Waals surface area contributed by atoms with E-state index < -0.39 is 0 Å². The van der Waals surface area contributed by atoms with Crippen molar-refractivity contribution in [2.45, 2.75) is 33.1 Å². The van der Waals surface area contributed by atoms with Gasteiger partial charge in [0.25, 0.3) is 0 Å². The number of hydrogen-bond donors (Lipinski definition) is 1. The fraction of sp³-hybridized carbons (Fsp3) is 0.333. The van der Waals surface area contributed by atoms with Gasteiger partial charge < -0.3 is 5.32 Å². The summed E-state index contributed by atoms with van der Waals surface area (Å²) in [6, 6.07) is 11.5. The summed E-state index contributed by atoms with van der Waals surface area (Å²) >= 11 is 5.89. The van der Waals surface area contributed by atoms with E-state index in [4.69, 9.17) is 11.6 Å². The normalized spacial score (nSPS) is 12.2. The molecule has 1 atom stereocenters. The molecule has 22 heavy (non-hydrogen) atoms. The molecule has 1 N–H and O–H groups in total. The lowest BCUT2D eigenvalue weighted by atomic mass is 9.96. The minimum Gasteiger partial charge on any atom is -0.310 e. The molecule has 0 aliphatic heterocycles. The van der Waals surface area contributed by atoms with E-state index >= 15 is 0 Å². The molecule has 0 fully saturated rings. The van der Waals surface area contributed by atoms with Crippen molar-refractivity contribution in [1.82, 2.24) is 4.98 Å². The zero-order valence-corrected chi connectivity index (χ0v) is 13.9. The second-order valence-electron chi connectivity index (χ2n) is 5.91. The molecule has 0 radical (unpaired) electrons. The summed E-state index contributed by atoms with van der Waals surface area (Å²) in [4.78, 5) is 16.4. The Bertz CT molecular complexity index is 638. The number of pyridine rings is 1. The number of aromatic nitrogens is 1. The third kappa shape index (κ3) is 4.57. The number of amides is 1. The van der Waals surface area contributed by atoms with E-state index in [1.54, 1.807) is 18.3 Å². The Balaban J connectivity index is 2.03. The molecule has 0 saturated carbocycles. The van der Waals surface area contributed by atoms with Crippen LogP contribution in [0.2, 0.25) is 5.02 Å². The van der Waals surface area contributed by atoms with Crippen molar-refractivity contribution in [2.24, 2.45) is 5.92 Å². The molecule has 1 unspecified atom stereocenters. The van der Waals surface area contributed by atoms with Crippen molar-refractivity contribution in [1.29, 1.82) is 0 Å². The monoisotopic (exact) mass is 316 g/mol. The Hall–Kier alpha value is -1.87. The number of carbonyl (C=O) groups excluding carboxylic acids is 1. The van der Waals surface area contributed by atoms with Gasteiger partial charge >= 0.3 is 0 Å². The van der Waals surface area contributed by atoms with Gasteiger partial charge in [0.1, 0.15) is 5.82 Å². The van der Waals surface area contributed by atoms with Crippen LogP contribution < -0.4 is 5.32 Å². The molecular formula is C18H21ClN2O. The van der Waals surface area contributed by atoms with Gasteiger partial charge in [0, 0.05) is 11.2 Å². The van der Waals surface area contributed by atoms with Crippen LogP contribution in [0.15, 0.2) is 42.6 Å². The maximum absolute atomic E-state index is 12.3. The molecule has 4 heteroatoms. The zero-order chi connectivity index (χ0) is 16.1. The fourth-order valence-electron chi connectivity index (χ4n) is 2.27. The van der Waals surface area contributed by atoms with Crippen LogP contribution in [0.1, 0.15) is 37.8 Å². The van der Waals surface area contributed by atoms with Crippen LogP contribution >= 0.6 is 11.6 Å². The van der Waals surface area contributed by atoms with E-state index in [2.05, 4.69) is 36.3 Å². The maximum Gasteiger partial charge on any atom is 0.232 e. The Kier molecular flexibility index (Phi) is 5.56. The second-order valence-corrected chi connectivity index (χ2v) is 6.35. The van der Waals surface area contributed by atoms with Crippen molar-refractivity contribution >= 4 is 23.3 Å². The first-order valence-electron chi connectivity index (χ1n) is 7.47. The number of carbonyl (C=O) groups is 1. The largest absolute Gasteiger partial charge is 0.310 e. The van der Waals surface area contributed by atoms with Gasteiger partial charge in [-0.1, -0.05) is 49.7 Å². The van der Waals surface area contributed by atoms with Gasteiger partial charge in [-0.3, -0.25) is 4.79 Å². The highest BCUT2D eigenvalue weighted by Crippen LogP contribution is 2.20. The lowest BCUT2D eigenvalue weighted by molar-refractivity contribution is -0.117. The molecule has 1 heterocycles.